The van der Waals surface area contributed by atoms with Gasteiger partial charge in [-0.05, 0) is 44.4 Å². The lowest BCUT2D eigenvalue weighted by atomic mass is 10.1. The molecule has 3 heteroatoms. The molecule has 0 saturated heterocycles. The maximum absolute atomic E-state index is 11.7. The minimum atomic E-state index is -0.322. The minimum absolute atomic E-state index is 0.322. The smallest absolute Gasteiger partial charge is 0.340 e. The van der Waals surface area contributed by atoms with Crippen LogP contribution in [0.5, 0.6) is 0 Å². The van der Waals surface area contributed by atoms with Gasteiger partial charge in [0.1, 0.15) is 6.61 Å². The number of pyridine rings is 1. The van der Waals surface area contributed by atoms with Crippen molar-refractivity contribution in [2.24, 2.45) is 0 Å². The zero-order valence-electron chi connectivity index (χ0n) is 12.1. The Bertz CT molecular complexity index is 498. The van der Waals surface area contributed by atoms with Crippen LogP contribution >= 0.6 is 0 Å². The van der Waals surface area contributed by atoms with Gasteiger partial charge in [-0.3, -0.25) is 4.98 Å². The molecule has 0 fully saturated rings. The molecule has 1 aliphatic rings. The monoisotopic (exact) mass is 271 g/mol. The molecule has 3 nitrogen and oxygen atoms in total. The number of esters is 1. The van der Waals surface area contributed by atoms with Crippen molar-refractivity contribution in [2.75, 3.05) is 6.61 Å². The Labute approximate surface area is 120 Å². The fourth-order valence-electron chi connectivity index (χ4n) is 1.60. The molecule has 0 radical (unpaired) electrons. The van der Waals surface area contributed by atoms with E-state index in [4.69, 9.17) is 4.74 Å². The van der Waals surface area contributed by atoms with Crippen LogP contribution in [0.25, 0.3) is 0 Å². The van der Waals surface area contributed by atoms with Crippen molar-refractivity contribution in [3.05, 3.63) is 66.0 Å². The highest BCUT2D eigenvalue weighted by molar-refractivity contribution is 5.89. The van der Waals surface area contributed by atoms with Crippen molar-refractivity contribution < 1.29 is 9.53 Å². The first-order valence-corrected chi connectivity index (χ1v) is 6.69. The number of nitrogens with zero attached hydrogens (tertiary/aromatic N) is 1. The van der Waals surface area contributed by atoms with Crippen molar-refractivity contribution in [3.63, 3.8) is 0 Å². The van der Waals surface area contributed by atoms with E-state index < -0.39 is 0 Å². The molecule has 20 heavy (non-hydrogen) atoms. The number of hydrogen-bond acceptors (Lipinski definition) is 3. The van der Waals surface area contributed by atoms with Crippen LogP contribution in [-0.4, -0.2) is 17.6 Å². The fourth-order valence-corrected chi connectivity index (χ4v) is 1.60. The number of carbonyl (C=O) groups is 1. The molecule has 0 spiro atoms. The van der Waals surface area contributed by atoms with Gasteiger partial charge in [0.15, 0.2) is 0 Å². The lowest BCUT2D eigenvalue weighted by Gasteiger charge is -2.08. The molecule has 1 aromatic rings. The molecule has 1 heterocycles. The summed E-state index contributed by atoms with van der Waals surface area (Å²) in [5.74, 6) is -0.322. The number of allylic oxidation sites excluding steroid dienone is 3. The van der Waals surface area contributed by atoms with Crippen molar-refractivity contribution >= 4 is 5.97 Å². The second kappa shape index (κ2) is 8.86. The van der Waals surface area contributed by atoms with Gasteiger partial charge in [0.2, 0.25) is 0 Å². The van der Waals surface area contributed by atoms with Crippen LogP contribution < -0.4 is 0 Å². The predicted octanol–water partition coefficient (Wildman–Crippen LogP) is 4.02. The molecular weight excluding hydrogens is 250 g/mol. The largest absolute Gasteiger partial charge is 0.457 e. The Kier molecular flexibility index (Phi) is 7.04. The molecule has 0 saturated carbocycles. The molecule has 0 bridgehead atoms. The predicted molar refractivity (Wildman–Crippen MR) is 81.6 cm³/mol. The molecule has 0 aliphatic heterocycles. The Hall–Kier alpha value is -2.16. The lowest BCUT2D eigenvalue weighted by Crippen LogP contribution is -2.08. The van der Waals surface area contributed by atoms with Crippen LogP contribution in [0, 0.1) is 6.92 Å². The van der Waals surface area contributed by atoms with Gasteiger partial charge < -0.3 is 4.74 Å². The first kappa shape index (κ1) is 15.9. The molecule has 1 aromatic heterocycles. The van der Waals surface area contributed by atoms with Crippen LogP contribution in [0.4, 0.5) is 0 Å². The maximum Gasteiger partial charge on any atom is 0.340 e. The standard InChI is InChI=1S/C14H15NO2.C3H6/c1-11-7-8-13(9-15-11)14(16)17-10-12-5-3-2-4-6-12;1-3-2/h3,5-9H,2,4,10H2,1H3;3H,1H2,2H3. The summed E-state index contributed by atoms with van der Waals surface area (Å²) in [4.78, 5) is 15.8. The molecule has 106 valence electrons. The number of rotatable bonds is 3. The van der Waals surface area contributed by atoms with Gasteiger partial charge in [0.25, 0.3) is 0 Å². The summed E-state index contributed by atoms with van der Waals surface area (Å²) in [5.41, 5.74) is 2.44. The zero-order valence-corrected chi connectivity index (χ0v) is 12.1. The van der Waals surface area contributed by atoms with Crippen molar-refractivity contribution in [1.82, 2.24) is 4.98 Å². The zero-order chi connectivity index (χ0) is 14.8. The SMILES string of the molecule is C=CC.Cc1ccc(C(=O)OCC2=CCCC=C2)cn1. The molecule has 1 aliphatic carbocycles. The van der Waals surface area contributed by atoms with Gasteiger partial charge in [0.05, 0.1) is 5.56 Å². The summed E-state index contributed by atoms with van der Waals surface area (Å²) in [6.07, 6.45) is 11.6. The van der Waals surface area contributed by atoms with Gasteiger partial charge in [0, 0.05) is 11.9 Å². The van der Waals surface area contributed by atoms with Crippen LogP contribution in [0.2, 0.25) is 0 Å². The number of ether oxygens (including phenoxy) is 1. The number of hydrogen-bond donors (Lipinski definition) is 0. The average molecular weight is 271 g/mol. The van der Waals surface area contributed by atoms with Gasteiger partial charge in [-0.1, -0.05) is 24.3 Å². The first-order valence-electron chi connectivity index (χ1n) is 6.69. The number of aromatic nitrogens is 1. The number of carbonyl (C=O) groups excluding carboxylic acids is 1. The molecular formula is C17H21NO2. The van der Waals surface area contributed by atoms with Crippen LogP contribution in [0.1, 0.15) is 35.8 Å². The first-order chi connectivity index (χ1) is 9.67. The molecule has 2 rings (SSSR count). The van der Waals surface area contributed by atoms with Crippen molar-refractivity contribution in [2.45, 2.75) is 26.7 Å². The van der Waals surface area contributed by atoms with E-state index in [0.717, 1.165) is 24.1 Å². The van der Waals surface area contributed by atoms with E-state index in [9.17, 15) is 4.79 Å². The highest BCUT2D eigenvalue weighted by Gasteiger charge is 2.08. The third kappa shape index (κ3) is 5.65. The van der Waals surface area contributed by atoms with Crippen LogP contribution in [-0.2, 0) is 4.74 Å². The fraction of sp³-hybridized carbons (Fsp3) is 0.294. The summed E-state index contributed by atoms with van der Waals surface area (Å²) in [7, 11) is 0. The second-order valence-corrected chi connectivity index (χ2v) is 4.43. The molecule has 0 amide bonds. The van der Waals surface area contributed by atoms with E-state index >= 15 is 0 Å². The third-order valence-corrected chi connectivity index (χ3v) is 2.59. The average Bonchev–Trinajstić information content (AvgIpc) is 2.47. The number of aryl methyl sites for hydroxylation is 1. The minimum Gasteiger partial charge on any atom is -0.457 e. The van der Waals surface area contributed by atoms with E-state index in [2.05, 4.69) is 23.7 Å². The molecule has 0 atom stereocenters. The normalized spacial score (nSPS) is 12.8. The highest BCUT2D eigenvalue weighted by atomic mass is 16.5. The summed E-state index contributed by atoms with van der Waals surface area (Å²) >= 11 is 0. The summed E-state index contributed by atoms with van der Waals surface area (Å²) in [6.45, 7) is 7.47. The maximum atomic E-state index is 11.7. The lowest BCUT2D eigenvalue weighted by molar-refractivity contribution is 0.0542. The topological polar surface area (TPSA) is 39.2 Å². The van der Waals surface area contributed by atoms with Gasteiger partial charge in [-0.15, -0.1) is 6.58 Å². The molecule has 0 aromatic carbocycles. The third-order valence-electron chi connectivity index (χ3n) is 2.59. The van der Waals surface area contributed by atoms with E-state index in [0.29, 0.717) is 12.2 Å². The van der Waals surface area contributed by atoms with E-state index in [1.54, 1.807) is 24.4 Å². The summed E-state index contributed by atoms with van der Waals surface area (Å²) in [5, 5.41) is 0. The summed E-state index contributed by atoms with van der Waals surface area (Å²) < 4.78 is 5.21. The van der Waals surface area contributed by atoms with Crippen molar-refractivity contribution in [3.8, 4) is 0 Å². The van der Waals surface area contributed by atoms with Crippen LogP contribution in [0.3, 0.4) is 0 Å². The van der Waals surface area contributed by atoms with E-state index in [1.165, 1.54) is 0 Å². The Morgan fingerprint density at radius 1 is 1.45 bits per heavy atom. The van der Waals surface area contributed by atoms with Crippen LogP contribution in [0.15, 0.2) is 54.8 Å². The van der Waals surface area contributed by atoms with Gasteiger partial charge in [-0.25, -0.2) is 4.79 Å². The van der Waals surface area contributed by atoms with E-state index in [-0.39, 0.29) is 5.97 Å². The van der Waals surface area contributed by atoms with Gasteiger partial charge >= 0.3 is 5.97 Å². The summed E-state index contributed by atoms with van der Waals surface area (Å²) in [6, 6.07) is 3.53. The van der Waals surface area contributed by atoms with E-state index in [1.807, 2.05) is 19.9 Å². The van der Waals surface area contributed by atoms with Gasteiger partial charge in [-0.2, -0.15) is 0 Å². The quantitative estimate of drug-likeness (QED) is 0.616. The molecule has 0 unspecified atom stereocenters. The Morgan fingerprint density at radius 2 is 2.20 bits per heavy atom. The molecule has 0 N–H and O–H groups in total. The Morgan fingerprint density at radius 3 is 2.75 bits per heavy atom. The second-order valence-electron chi connectivity index (χ2n) is 4.43. The Balaban J connectivity index is 0.000000612. The highest BCUT2D eigenvalue weighted by Crippen LogP contribution is 2.11. The van der Waals surface area contributed by atoms with Crippen molar-refractivity contribution in [1.29, 1.82) is 0 Å².